The normalized spacial score (nSPS) is 10.2. The van der Waals surface area contributed by atoms with Crippen molar-refractivity contribution in [2.75, 3.05) is 23.9 Å². The van der Waals surface area contributed by atoms with Gasteiger partial charge in [0.05, 0.1) is 18.6 Å². The molecule has 0 saturated heterocycles. The van der Waals surface area contributed by atoms with E-state index in [-0.39, 0.29) is 17.3 Å². The molecule has 0 spiro atoms. The Bertz CT molecular complexity index is 649. The topological polar surface area (TPSA) is 64.3 Å². The van der Waals surface area contributed by atoms with Crippen molar-refractivity contribution in [3.8, 4) is 5.75 Å². The van der Waals surface area contributed by atoms with Gasteiger partial charge < -0.3 is 15.8 Å². The SMILES string of the molecule is COc1cccc(SCC(=O)Nc2cc(N)ccc2F)c1. The van der Waals surface area contributed by atoms with Gasteiger partial charge in [-0.15, -0.1) is 11.8 Å². The van der Waals surface area contributed by atoms with E-state index in [4.69, 9.17) is 10.5 Å². The van der Waals surface area contributed by atoms with E-state index in [1.807, 2.05) is 24.3 Å². The quantitative estimate of drug-likeness (QED) is 0.658. The number of hydrogen-bond donors (Lipinski definition) is 2. The number of carbonyl (C=O) groups excluding carboxylic acids is 1. The van der Waals surface area contributed by atoms with Crippen molar-refractivity contribution in [3.05, 3.63) is 48.3 Å². The van der Waals surface area contributed by atoms with E-state index in [2.05, 4.69) is 5.32 Å². The number of nitrogens with one attached hydrogen (secondary N) is 1. The largest absolute Gasteiger partial charge is 0.497 e. The molecule has 0 aliphatic carbocycles. The summed E-state index contributed by atoms with van der Waals surface area (Å²) in [6, 6.07) is 11.4. The first-order valence-corrected chi connectivity index (χ1v) is 7.19. The molecule has 2 aromatic rings. The lowest BCUT2D eigenvalue weighted by Crippen LogP contribution is -2.15. The van der Waals surface area contributed by atoms with Crippen LogP contribution in [0.3, 0.4) is 0 Å². The first-order valence-electron chi connectivity index (χ1n) is 6.20. The zero-order valence-electron chi connectivity index (χ0n) is 11.4. The first kappa shape index (κ1) is 15.2. The molecule has 0 unspecified atom stereocenters. The van der Waals surface area contributed by atoms with E-state index in [9.17, 15) is 9.18 Å². The Hall–Kier alpha value is -2.21. The molecule has 2 aromatic carbocycles. The van der Waals surface area contributed by atoms with Crippen molar-refractivity contribution in [2.45, 2.75) is 4.90 Å². The molecule has 0 radical (unpaired) electrons. The maximum atomic E-state index is 13.5. The van der Waals surface area contributed by atoms with E-state index in [0.29, 0.717) is 5.69 Å². The van der Waals surface area contributed by atoms with Gasteiger partial charge in [-0.05, 0) is 36.4 Å². The zero-order chi connectivity index (χ0) is 15.2. The average molecular weight is 306 g/mol. The number of rotatable bonds is 5. The molecule has 3 N–H and O–H groups in total. The van der Waals surface area contributed by atoms with E-state index in [1.54, 1.807) is 7.11 Å². The van der Waals surface area contributed by atoms with E-state index in [1.165, 1.54) is 30.0 Å². The summed E-state index contributed by atoms with van der Waals surface area (Å²) in [5, 5.41) is 2.50. The molecule has 6 heteroatoms. The molecule has 2 rings (SSSR count). The Morgan fingerprint density at radius 3 is 2.90 bits per heavy atom. The van der Waals surface area contributed by atoms with Crippen molar-refractivity contribution in [3.63, 3.8) is 0 Å². The lowest BCUT2D eigenvalue weighted by Gasteiger charge is -2.07. The Balaban J connectivity index is 1.94. The van der Waals surface area contributed by atoms with Gasteiger partial charge in [-0.25, -0.2) is 4.39 Å². The minimum absolute atomic E-state index is 0.0891. The third-order valence-electron chi connectivity index (χ3n) is 2.68. The highest BCUT2D eigenvalue weighted by molar-refractivity contribution is 8.00. The van der Waals surface area contributed by atoms with Crippen LogP contribution in [0.4, 0.5) is 15.8 Å². The van der Waals surface area contributed by atoms with E-state index < -0.39 is 5.82 Å². The number of thioether (sulfide) groups is 1. The van der Waals surface area contributed by atoms with Crippen LogP contribution in [0.25, 0.3) is 0 Å². The number of ether oxygens (including phenoxy) is 1. The number of nitrogens with two attached hydrogens (primary N) is 1. The van der Waals surface area contributed by atoms with Crippen LogP contribution >= 0.6 is 11.8 Å². The van der Waals surface area contributed by atoms with Crippen LogP contribution in [0, 0.1) is 5.82 Å². The van der Waals surface area contributed by atoms with Crippen LogP contribution in [-0.2, 0) is 4.79 Å². The number of nitrogen functional groups attached to an aromatic ring is 1. The second-order valence-corrected chi connectivity index (χ2v) is 5.30. The minimum Gasteiger partial charge on any atom is -0.497 e. The van der Waals surface area contributed by atoms with Crippen LogP contribution in [0.15, 0.2) is 47.4 Å². The fraction of sp³-hybridized carbons (Fsp3) is 0.133. The fourth-order valence-corrected chi connectivity index (χ4v) is 2.41. The molecule has 0 heterocycles. The zero-order valence-corrected chi connectivity index (χ0v) is 12.2. The monoisotopic (exact) mass is 306 g/mol. The van der Waals surface area contributed by atoms with Gasteiger partial charge in [0.1, 0.15) is 11.6 Å². The van der Waals surface area contributed by atoms with Gasteiger partial charge in [0.2, 0.25) is 5.91 Å². The Morgan fingerprint density at radius 1 is 1.33 bits per heavy atom. The van der Waals surface area contributed by atoms with Crippen LogP contribution in [-0.4, -0.2) is 18.8 Å². The number of hydrogen-bond acceptors (Lipinski definition) is 4. The molecular formula is C15H15FN2O2S. The minimum atomic E-state index is -0.510. The summed E-state index contributed by atoms with van der Waals surface area (Å²) in [5.74, 6) is 0.0834. The molecule has 0 aliphatic rings. The summed E-state index contributed by atoms with van der Waals surface area (Å²) in [4.78, 5) is 12.7. The van der Waals surface area contributed by atoms with Gasteiger partial charge in [0, 0.05) is 10.6 Å². The van der Waals surface area contributed by atoms with Crippen molar-refractivity contribution >= 4 is 29.0 Å². The summed E-state index contributed by atoms with van der Waals surface area (Å²) >= 11 is 1.34. The Kier molecular flexibility index (Phi) is 5.05. The van der Waals surface area contributed by atoms with Gasteiger partial charge in [0.25, 0.3) is 0 Å². The summed E-state index contributed by atoms with van der Waals surface area (Å²) in [6.07, 6.45) is 0. The number of halogens is 1. The number of amides is 1. The molecule has 0 atom stereocenters. The fourth-order valence-electron chi connectivity index (χ4n) is 1.66. The lowest BCUT2D eigenvalue weighted by atomic mass is 10.2. The molecule has 0 fully saturated rings. The van der Waals surface area contributed by atoms with Crippen LogP contribution in [0.5, 0.6) is 5.75 Å². The van der Waals surface area contributed by atoms with Crippen LogP contribution in [0.1, 0.15) is 0 Å². The average Bonchev–Trinajstić information content (AvgIpc) is 2.49. The van der Waals surface area contributed by atoms with E-state index >= 15 is 0 Å². The predicted octanol–water partition coefficient (Wildman–Crippen LogP) is 3.15. The van der Waals surface area contributed by atoms with Crippen molar-refractivity contribution in [1.29, 1.82) is 0 Å². The number of anilines is 2. The summed E-state index contributed by atoms with van der Waals surface area (Å²) in [7, 11) is 1.58. The second kappa shape index (κ2) is 6.99. The standard InChI is InChI=1S/C15H15FN2O2S/c1-20-11-3-2-4-12(8-11)21-9-15(19)18-14-7-10(17)5-6-13(14)16/h2-8H,9,17H2,1H3,(H,18,19). The maximum absolute atomic E-state index is 13.5. The second-order valence-electron chi connectivity index (χ2n) is 4.26. The van der Waals surface area contributed by atoms with Gasteiger partial charge >= 0.3 is 0 Å². The molecule has 0 bridgehead atoms. The van der Waals surface area contributed by atoms with Gasteiger partial charge in [-0.2, -0.15) is 0 Å². The van der Waals surface area contributed by atoms with Gasteiger partial charge in [-0.1, -0.05) is 6.07 Å². The summed E-state index contributed by atoms with van der Waals surface area (Å²) < 4.78 is 18.6. The maximum Gasteiger partial charge on any atom is 0.234 e. The molecule has 110 valence electrons. The van der Waals surface area contributed by atoms with Crippen molar-refractivity contribution < 1.29 is 13.9 Å². The van der Waals surface area contributed by atoms with Crippen molar-refractivity contribution in [2.24, 2.45) is 0 Å². The first-order chi connectivity index (χ1) is 10.1. The predicted molar refractivity (Wildman–Crippen MR) is 83.2 cm³/mol. The third kappa shape index (κ3) is 4.39. The van der Waals surface area contributed by atoms with Crippen molar-refractivity contribution in [1.82, 2.24) is 0 Å². The number of carbonyl (C=O) groups is 1. The Morgan fingerprint density at radius 2 is 2.14 bits per heavy atom. The third-order valence-corrected chi connectivity index (χ3v) is 3.67. The van der Waals surface area contributed by atoms with Crippen LogP contribution in [0.2, 0.25) is 0 Å². The smallest absolute Gasteiger partial charge is 0.234 e. The lowest BCUT2D eigenvalue weighted by molar-refractivity contribution is -0.113. The molecule has 4 nitrogen and oxygen atoms in total. The number of benzene rings is 2. The van der Waals surface area contributed by atoms with Crippen LogP contribution < -0.4 is 15.8 Å². The molecule has 0 saturated carbocycles. The highest BCUT2D eigenvalue weighted by Gasteiger charge is 2.08. The molecule has 21 heavy (non-hydrogen) atoms. The molecular weight excluding hydrogens is 291 g/mol. The van der Waals surface area contributed by atoms with Gasteiger partial charge in [0.15, 0.2) is 0 Å². The molecule has 0 aliphatic heterocycles. The molecule has 0 aromatic heterocycles. The molecule has 1 amide bonds. The van der Waals surface area contributed by atoms with Gasteiger partial charge in [-0.3, -0.25) is 4.79 Å². The van der Waals surface area contributed by atoms with E-state index in [0.717, 1.165) is 10.6 Å². The highest BCUT2D eigenvalue weighted by Crippen LogP contribution is 2.23. The summed E-state index contributed by atoms with van der Waals surface area (Å²) in [5.41, 5.74) is 6.05. The Labute approximate surface area is 126 Å². The highest BCUT2D eigenvalue weighted by atomic mass is 32.2. The summed E-state index contributed by atoms with van der Waals surface area (Å²) in [6.45, 7) is 0. The number of methoxy groups -OCH3 is 1.